The minimum atomic E-state index is -2.26. The lowest BCUT2D eigenvalue weighted by Crippen LogP contribution is -2.27. The summed E-state index contributed by atoms with van der Waals surface area (Å²) in [4.78, 5) is 13.2. The Kier molecular flexibility index (Phi) is 7.54. The monoisotopic (exact) mass is 555 g/mol. The summed E-state index contributed by atoms with van der Waals surface area (Å²) in [5.74, 6) is -9.56. The highest BCUT2D eigenvalue weighted by Crippen LogP contribution is 2.30. The first-order valence-electron chi connectivity index (χ1n) is 12.4. The second kappa shape index (κ2) is 11.2. The molecule has 2 heterocycles. The summed E-state index contributed by atoms with van der Waals surface area (Å²) in [5.41, 5.74) is 1.42. The van der Waals surface area contributed by atoms with Crippen LogP contribution in [0.25, 0.3) is 22.5 Å². The zero-order valence-corrected chi connectivity index (χ0v) is 21.1. The molecule has 5 rings (SSSR count). The normalized spacial score (nSPS) is 11.3. The number of nitrogens with zero attached hydrogens (tertiary/aromatic N) is 6. The number of rotatable bonds is 9. The van der Waals surface area contributed by atoms with Crippen LogP contribution in [0.3, 0.4) is 0 Å². The molecule has 0 amide bonds. The van der Waals surface area contributed by atoms with Crippen molar-refractivity contribution < 1.29 is 22.0 Å². The minimum Gasteiger partial charge on any atom is -0.274 e. The third-order valence-electron chi connectivity index (χ3n) is 6.50. The van der Waals surface area contributed by atoms with Crippen molar-refractivity contribution in [1.82, 2.24) is 35.0 Å². The average molecular weight is 556 g/mol. The maximum atomic E-state index is 14.3. The fourth-order valence-electron chi connectivity index (χ4n) is 4.39. The van der Waals surface area contributed by atoms with Crippen LogP contribution in [0, 0.1) is 29.1 Å². The van der Waals surface area contributed by atoms with E-state index >= 15 is 0 Å². The molecular formula is C27H22F5N7O. The molecule has 0 fully saturated rings. The molecule has 8 nitrogen and oxygen atoms in total. The van der Waals surface area contributed by atoms with Gasteiger partial charge in [0, 0.05) is 12.0 Å². The summed E-state index contributed by atoms with van der Waals surface area (Å²) in [7, 11) is 0. The molecule has 1 N–H and O–H groups in total. The van der Waals surface area contributed by atoms with Gasteiger partial charge >= 0.3 is 5.69 Å². The largest absolute Gasteiger partial charge is 0.346 e. The number of hydrogen-bond acceptors (Lipinski definition) is 5. The van der Waals surface area contributed by atoms with E-state index in [1.807, 2.05) is 55.5 Å². The molecule has 0 aliphatic carbocycles. The van der Waals surface area contributed by atoms with Crippen molar-refractivity contribution in [2.45, 2.75) is 39.3 Å². The van der Waals surface area contributed by atoms with Crippen molar-refractivity contribution in [2.75, 3.05) is 0 Å². The Morgan fingerprint density at radius 2 is 1.48 bits per heavy atom. The maximum absolute atomic E-state index is 14.3. The Hall–Kier alpha value is -4.68. The fraction of sp³-hybridized carbons (Fsp3) is 0.222. The molecule has 0 aliphatic rings. The van der Waals surface area contributed by atoms with Crippen LogP contribution < -0.4 is 5.69 Å². The van der Waals surface area contributed by atoms with Gasteiger partial charge in [-0.05, 0) is 33.5 Å². The highest BCUT2D eigenvalue weighted by molar-refractivity contribution is 5.80. The van der Waals surface area contributed by atoms with Crippen LogP contribution in [0.2, 0.25) is 0 Å². The quantitative estimate of drug-likeness (QED) is 0.157. The number of aromatic nitrogens is 7. The van der Waals surface area contributed by atoms with Crippen molar-refractivity contribution in [2.24, 2.45) is 0 Å². The molecule has 0 saturated carbocycles. The maximum Gasteiger partial charge on any atom is 0.346 e. The lowest BCUT2D eigenvalue weighted by molar-refractivity contribution is 0.366. The number of H-pyrrole nitrogens is 1. The molecule has 0 bridgehead atoms. The van der Waals surface area contributed by atoms with E-state index < -0.39 is 46.9 Å². The molecule has 206 valence electrons. The summed E-state index contributed by atoms with van der Waals surface area (Å²) in [5, 5.41) is 18.2. The van der Waals surface area contributed by atoms with Gasteiger partial charge in [-0.2, -0.15) is 5.10 Å². The second-order valence-electron chi connectivity index (χ2n) is 9.09. The highest BCUT2D eigenvalue weighted by Gasteiger charge is 2.27. The summed E-state index contributed by atoms with van der Waals surface area (Å²) in [6, 6.07) is 14.9. The number of tetrazole rings is 1. The van der Waals surface area contributed by atoms with Gasteiger partial charge in [0.15, 0.2) is 29.1 Å². The average Bonchev–Trinajstić information content (AvgIpc) is 3.61. The van der Waals surface area contributed by atoms with Crippen molar-refractivity contribution in [3.63, 3.8) is 0 Å². The number of nitrogens with one attached hydrogen (secondary N) is 1. The van der Waals surface area contributed by atoms with Gasteiger partial charge in [0.05, 0.1) is 18.7 Å². The smallest absolute Gasteiger partial charge is 0.274 e. The first-order valence-corrected chi connectivity index (χ1v) is 12.4. The second-order valence-corrected chi connectivity index (χ2v) is 9.09. The molecule has 0 aliphatic heterocycles. The predicted octanol–water partition coefficient (Wildman–Crippen LogP) is 5.03. The van der Waals surface area contributed by atoms with Gasteiger partial charge in [-0.25, -0.2) is 36.5 Å². The predicted molar refractivity (Wildman–Crippen MR) is 135 cm³/mol. The first kappa shape index (κ1) is 26.9. The molecule has 0 unspecified atom stereocenters. The molecule has 0 spiro atoms. The molecular weight excluding hydrogens is 533 g/mol. The Labute approximate surface area is 224 Å². The Bertz CT molecular complexity index is 1680. The van der Waals surface area contributed by atoms with Crippen molar-refractivity contribution in [3.05, 3.63) is 105 Å². The van der Waals surface area contributed by atoms with Crippen molar-refractivity contribution in [3.8, 4) is 22.5 Å². The minimum absolute atomic E-state index is 0.0862. The number of aryl methyl sites for hydroxylation is 1. The lowest BCUT2D eigenvalue weighted by atomic mass is 9.98. The van der Waals surface area contributed by atoms with Gasteiger partial charge in [-0.15, -0.1) is 5.10 Å². The molecule has 0 atom stereocenters. The molecule has 0 saturated heterocycles. The number of halogens is 5. The van der Waals surface area contributed by atoms with E-state index in [2.05, 4.69) is 25.7 Å². The van der Waals surface area contributed by atoms with Crippen LogP contribution in [0.5, 0.6) is 0 Å². The fourth-order valence-corrected chi connectivity index (χ4v) is 4.39. The van der Waals surface area contributed by atoms with Crippen molar-refractivity contribution in [1.29, 1.82) is 0 Å². The third-order valence-corrected chi connectivity index (χ3v) is 6.50. The topological polar surface area (TPSA) is 94.3 Å². The van der Waals surface area contributed by atoms with E-state index in [1.54, 1.807) is 0 Å². The summed E-state index contributed by atoms with van der Waals surface area (Å²) < 4.78 is 71.5. The highest BCUT2D eigenvalue weighted by atomic mass is 19.2. The van der Waals surface area contributed by atoms with Crippen LogP contribution in [-0.2, 0) is 19.5 Å². The number of aromatic amines is 1. The van der Waals surface area contributed by atoms with E-state index in [0.29, 0.717) is 24.5 Å². The summed E-state index contributed by atoms with van der Waals surface area (Å²) in [6.07, 6.45) is 1.84. The van der Waals surface area contributed by atoms with Crippen LogP contribution >= 0.6 is 0 Å². The van der Waals surface area contributed by atoms with Crippen LogP contribution in [0.4, 0.5) is 22.0 Å². The number of benzene rings is 3. The molecule has 3 aromatic carbocycles. The van der Waals surface area contributed by atoms with Crippen LogP contribution in [0.15, 0.2) is 53.3 Å². The van der Waals surface area contributed by atoms with E-state index in [1.165, 1.54) is 4.57 Å². The van der Waals surface area contributed by atoms with Gasteiger partial charge in [0.25, 0.3) is 0 Å². The SMILES string of the molecule is CCCCc1nn(Cc2c(F)c(F)c(F)c(F)c2F)c(=O)n1Cc1ccc(-c2ccccc2-c2nnn[nH]2)cc1. The van der Waals surface area contributed by atoms with Gasteiger partial charge in [0.2, 0.25) is 5.82 Å². The van der Waals surface area contributed by atoms with E-state index in [4.69, 9.17) is 0 Å². The molecule has 2 aromatic heterocycles. The van der Waals surface area contributed by atoms with Crippen molar-refractivity contribution >= 4 is 0 Å². The molecule has 0 radical (unpaired) electrons. The third kappa shape index (κ3) is 5.01. The first-order chi connectivity index (χ1) is 19.3. The van der Waals surface area contributed by atoms with Gasteiger partial charge in [0.1, 0.15) is 5.82 Å². The standard InChI is InChI=1S/C27H22F5N7O/c1-2-3-8-20-35-39(14-19-21(28)23(30)25(32)24(31)22(19)29)27(40)38(20)13-15-9-11-16(12-10-15)17-6-4-5-7-18(17)26-33-36-37-34-26/h4-7,9-12H,2-3,8,13-14H2,1H3,(H,33,34,36,37). The Morgan fingerprint density at radius 1 is 0.825 bits per heavy atom. The van der Waals surface area contributed by atoms with Crippen LogP contribution in [-0.4, -0.2) is 35.0 Å². The van der Waals surface area contributed by atoms with E-state index in [-0.39, 0.29) is 6.54 Å². The number of unbranched alkanes of at least 4 members (excludes halogenated alkanes) is 1. The lowest BCUT2D eigenvalue weighted by Gasteiger charge is -2.09. The summed E-state index contributed by atoms with van der Waals surface area (Å²) in [6.45, 7) is 1.12. The van der Waals surface area contributed by atoms with Gasteiger partial charge in [-0.3, -0.25) is 4.57 Å². The summed E-state index contributed by atoms with van der Waals surface area (Å²) >= 11 is 0. The Balaban J connectivity index is 1.46. The Morgan fingerprint density at radius 3 is 2.10 bits per heavy atom. The van der Waals surface area contributed by atoms with Gasteiger partial charge in [-0.1, -0.05) is 61.9 Å². The van der Waals surface area contributed by atoms with Crippen LogP contribution in [0.1, 0.15) is 36.7 Å². The molecule has 13 heteroatoms. The molecule has 40 heavy (non-hydrogen) atoms. The zero-order valence-electron chi connectivity index (χ0n) is 21.1. The molecule has 5 aromatic rings. The zero-order chi connectivity index (χ0) is 28.4. The number of hydrogen-bond donors (Lipinski definition) is 1. The van der Waals surface area contributed by atoms with E-state index in [9.17, 15) is 26.7 Å². The van der Waals surface area contributed by atoms with Gasteiger partial charge < -0.3 is 0 Å². The van der Waals surface area contributed by atoms with E-state index in [0.717, 1.165) is 33.4 Å².